The topological polar surface area (TPSA) is 120 Å². The largest absolute Gasteiger partial charge is 0.285 e. The number of hydrogen-bond donors (Lipinski definition) is 0. The van der Waals surface area contributed by atoms with E-state index in [0.29, 0.717) is 0 Å². The molecule has 0 saturated carbocycles. The maximum absolute atomic E-state index is 12.2. The van der Waals surface area contributed by atoms with Crippen molar-refractivity contribution in [2.45, 2.75) is 0 Å². The summed E-state index contributed by atoms with van der Waals surface area (Å²) in [5, 5.41) is 22.1. The van der Waals surface area contributed by atoms with Crippen molar-refractivity contribution in [1.29, 1.82) is 0 Å². The smallest absolute Gasteiger partial charge is 0.279 e. The van der Waals surface area contributed by atoms with Gasteiger partial charge in [0.15, 0.2) is 0 Å². The van der Waals surface area contributed by atoms with Crippen LogP contribution in [-0.4, -0.2) is 21.4 Å². The number of benzene rings is 2. The van der Waals surface area contributed by atoms with Gasteiger partial charge in [-0.1, -0.05) is 15.9 Å². The molecule has 0 radical (unpaired) electrons. The molecule has 0 bridgehead atoms. The van der Waals surface area contributed by atoms with Crippen molar-refractivity contribution < 1.29 is 19.4 Å². The van der Waals surface area contributed by atoms with Crippen LogP contribution in [0, 0.1) is 20.2 Å². The predicted octanol–water partition coefficient (Wildman–Crippen LogP) is 3.31. The Labute approximate surface area is 136 Å². The molecule has 0 atom stereocenters. The molecule has 0 saturated heterocycles. The molecular formula is C14H5BrN2O6. The van der Waals surface area contributed by atoms with Gasteiger partial charge < -0.3 is 0 Å². The minimum Gasteiger partial charge on any atom is -0.285 e. The van der Waals surface area contributed by atoms with Gasteiger partial charge >= 0.3 is 0 Å². The monoisotopic (exact) mass is 376 g/mol. The number of carbonyl (C=O) groups is 2. The van der Waals surface area contributed by atoms with Crippen molar-refractivity contribution in [3.63, 3.8) is 0 Å². The number of non-ortho nitro benzene ring substituents is 1. The first-order valence-electron chi connectivity index (χ1n) is 6.17. The zero-order valence-electron chi connectivity index (χ0n) is 11.1. The maximum atomic E-state index is 12.2. The van der Waals surface area contributed by atoms with Crippen LogP contribution in [0.25, 0.3) is 11.1 Å². The van der Waals surface area contributed by atoms with E-state index in [0.717, 1.165) is 12.1 Å². The van der Waals surface area contributed by atoms with Gasteiger partial charge in [0.1, 0.15) is 0 Å². The van der Waals surface area contributed by atoms with Crippen LogP contribution in [0.2, 0.25) is 0 Å². The molecule has 1 aliphatic rings. The highest BCUT2D eigenvalue weighted by atomic mass is 79.9. The number of Topliss-reactive ketones (excluding diaryl/α,β-unsaturated/α-hetero) is 2. The number of ketones is 2. The van der Waals surface area contributed by atoms with Crippen molar-refractivity contribution >= 4 is 38.9 Å². The van der Waals surface area contributed by atoms with Crippen LogP contribution in [0.5, 0.6) is 0 Å². The summed E-state index contributed by atoms with van der Waals surface area (Å²) in [7, 11) is 0. The molecule has 0 heterocycles. The second-order valence-electron chi connectivity index (χ2n) is 4.75. The zero-order valence-corrected chi connectivity index (χ0v) is 12.7. The Hall–Kier alpha value is -2.94. The van der Waals surface area contributed by atoms with Gasteiger partial charge in [-0.3, -0.25) is 29.8 Å². The standard InChI is InChI=1S/C14H5BrN2O6/c15-6-3-10-12(11(4-6)17(22)23)8-2-1-7(16(20)21)5-9(8)13(18)14(10)19/h1-5H. The summed E-state index contributed by atoms with van der Waals surface area (Å²) in [6.07, 6.45) is 0. The highest BCUT2D eigenvalue weighted by Crippen LogP contribution is 2.42. The molecule has 3 rings (SSSR count). The van der Waals surface area contributed by atoms with Gasteiger partial charge in [0.05, 0.1) is 15.4 Å². The summed E-state index contributed by atoms with van der Waals surface area (Å²) >= 11 is 3.07. The Balaban J connectivity index is 2.42. The lowest BCUT2D eigenvalue weighted by molar-refractivity contribution is -0.385. The van der Waals surface area contributed by atoms with Gasteiger partial charge in [-0.25, -0.2) is 0 Å². The minimum absolute atomic E-state index is 0.00676. The molecule has 9 heteroatoms. The summed E-state index contributed by atoms with van der Waals surface area (Å²) in [5.74, 6) is -1.86. The van der Waals surface area contributed by atoms with Gasteiger partial charge in [0.2, 0.25) is 11.6 Å². The molecular weight excluding hydrogens is 372 g/mol. The molecule has 0 aliphatic heterocycles. The number of hydrogen-bond acceptors (Lipinski definition) is 6. The third kappa shape index (κ3) is 2.21. The van der Waals surface area contributed by atoms with Crippen molar-refractivity contribution in [1.82, 2.24) is 0 Å². The van der Waals surface area contributed by atoms with Gasteiger partial charge in [-0.15, -0.1) is 0 Å². The van der Waals surface area contributed by atoms with E-state index < -0.39 is 21.4 Å². The van der Waals surface area contributed by atoms with E-state index >= 15 is 0 Å². The van der Waals surface area contributed by atoms with E-state index in [9.17, 15) is 29.8 Å². The highest BCUT2D eigenvalue weighted by molar-refractivity contribution is 9.10. The SMILES string of the molecule is O=C1C(=O)c2cc(Br)cc([N+](=O)[O-])c2-c2ccc([N+](=O)[O-])cc21. The molecule has 8 nitrogen and oxygen atoms in total. The molecule has 2 aromatic carbocycles. The molecule has 2 aromatic rings. The van der Waals surface area contributed by atoms with Crippen LogP contribution >= 0.6 is 15.9 Å². The molecule has 0 aromatic heterocycles. The Morgan fingerprint density at radius 2 is 1.48 bits per heavy atom. The minimum atomic E-state index is -0.933. The van der Waals surface area contributed by atoms with E-state index in [4.69, 9.17) is 0 Å². The van der Waals surface area contributed by atoms with Crippen molar-refractivity contribution in [3.05, 3.63) is 66.2 Å². The first kappa shape index (κ1) is 15.0. The van der Waals surface area contributed by atoms with Gasteiger partial charge in [-0.05, 0) is 12.1 Å². The molecule has 0 amide bonds. The fourth-order valence-electron chi connectivity index (χ4n) is 2.49. The van der Waals surface area contributed by atoms with Crippen molar-refractivity contribution in [2.75, 3.05) is 0 Å². The Kier molecular flexibility index (Phi) is 3.29. The highest BCUT2D eigenvalue weighted by Gasteiger charge is 2.36. The average Bonchev–Trinajstić information content (AvgIpc) is 2.51. The van der Waals surface area contributed by atoms with Gasteiger partial charge in [0.25, 0.3) is 11.4 Å². The molecule has 23 heavy (non-hydrogen) atoms. The fourth-order valence-corrected chi connectivity index (χ4v) is 2.94. The number of nitro groups is 2. The first-order chi connectivity index (χ1) is 10.8. The van der Waals surface area contributed by atoms with Gasteiger partial charge in [0, 0.05) is 39.4 Å². The third-order valence-corrected chi connectivity index (χ3v) is 3.92. The van der Waals surface area contributed by atoms with Crippen LogP contribution in [0.3, 0.4) is 0 Å². The fraction of sp³-hybridized carbons (Fsp3) is 0. The summed E-state index contributed by atoms with van der Waals surface area (Å²) < 4.78 is 0.287. The quantitative estimate of drug-likeness (QED) is 0.450. The second kappa shape index (κ2) is 5.06. The van der Waals surface area contributed by atoms with Crippen LogP contribution in [0.15, 0.2) is 34.8 Å². The predicted molar refractivity (Wildman–Crippen MR) is 81.5 cm³/mol. The van der Waals surface area contributed by atoms with Crippen LogP contribution in [0.4, 0.5) is 11.4 Å². The van der Waals surface area contributed by atoms with Crippen LogP contribution in [-0.2, 0) is 0 Å². The van der Waals surface area contributed by atoms with E-state index in [1.807, 2.05) is 0 Å². The third-order valence-electron chi connectivity index (χ3n) is 3.46. The number of halogens is 1. The summed E-state index contributed by atoms with van der Waals surface area (Å²) in [4.78, 5) is 45.2. The number of fused-ring (bicyclic) bond motifs is 3. The zero-order chi connectivity index (χ0) is 16.9. The Bertz CT molecular complexity index is 937. The molecule has 0 unspecified atom stereocenters. The van der Waals surface area contributed by atoms with Crippen LogP contribution < -0.4 is 0 Å². The normalized spacial score (nSPS) is 12.6. The summed E-state index contributed by atoms with van der Waals surface area (Å²) in [6.45, 7) is 0. The Morgan fingerprint density at radius 3 is 2.09 bits per heavy atom. The van der Waals surface area contributed by atoms with Gasteiger partial charge in [-0.2, -0.15) is 0 Å². The maximum Gasteiger partial charge on any atom is 0.279 e. The second-order valence-corrected chi connectivity index (χ2v) is 5.67. The summed E-state index contributed by atoms with van der Waals surface area (Å²) in [5.41, 5.74) is -0.903. The average molecular weight is 377 g/mol. The molecule has 1 aliphatic carbocycles. The van der Waals surface area contributed by atoms with Crippen molar-refractivity contribution in [2.24, 2.45) is 0 Å². The molecule has 114 valence electrons. The van der Waals surface area contributed by atoms with E-state index in [1.54, 1.807) is 0 Å². The summed E-state index contributed by atoms with van der Waals surface area (Å²) in [6, 6.07) is 5.89. The Morgan fingerprint density at radius 1 is 0.826 bits per heavy atom. The van der Waals surface area contributed by atoms with E-state index in [2.05, 4.69) is 15.9 Å². The molecule has 0 spiro atoms. The number of nitrogens with zero attached hydrogens (tertiary/aromatic N) is 2. The first-order valence-corrected chi connectivity index (χ1v) is 6.96. The molecule has 0 fully saturated rings. The molecule has 0 N–H and O–H groups in total. The van der Waals surface area contributed by atoms with Crippen LogP contribution in [0.1, 0.15) is 20.7 Å². The number of nitro benzene ring substituents is 2. The number of rotatable bonds is 2. The van der Waals surface area contributed by atoms with E-state index in [-0.39, 0.29) is 38.1 Å². The van der Waals surface area contributed by atoms with Crippen molar-refractivity contribution in [3.8, 4) is 11.1 Å². The lowest BCUT2D eigenvalue weighted by atomic mass is 9.83. The lowest BCUT2D eigenvalue weighted by Crippen LogP contribution is -2.22. The van der Waals surface area contributed by atoms with E-state index in [1.165, 1.54) is 18.2 Å². The lowest BCUT2D eigenvalue weighted by Gasteiger charge is -2.17. The number of carbonyl (C=O) groups excluding carboxylic acids is 2.